The second kappa shape index (κ2) is 8.97. The van der Waals surface area contributed by atoms with E-state index in [1.807, 2.05) is 0 Å². The molecule has 1 aliphatic heterocycles. The van der Waals surface area contributed by atoms with Crippen molar-refractivity contribution < 1.29 is 42.9 Å². The summed E-state index contributed by atoms with van der Waals surface area (Å²) in [5.41, 5.74) is 0. The molecule has 10 heteroatoms. The number of hydrogen-bond acceptors (Lipinski definition) is 9. The van der Waals surface area contributed by atoms with Gasteiger partial charge in [-0.3, -0.25) is 19.2 Å². The van der Waals surface area contributed by atoms with Crippen molar-refractivity contribution in [3.05, 3.63) is 0 Å². The highest BCUT2D eigenvalue weighted by Gasteiger charge is 2.51. The maximum atomic E-state index is 11.4. The van der Waals surface area contributed by atoms with Gasteiger partial charge in [0.1, 0.15) is 12.7 Å². The minimum Gasteiger partial charge on any atom is -0.463 e. The Balaban J connectivity index is 3.11. The monoisotopic (exact) mass is 411 g/mol. The van der Waals surface area contributed by atoms with Crippen LogP contribution in [0.3, 0.4) is 0 Å². The molecule has 1 rings (SSSR count). The molecule has 0 unspecified atom stereocenters. The van der Waals surface area contributed by atoms with Crippen LogP contribution in [0, 0.1) is 0 Å². The average Bonchev–Trinajstić information content (AvgIpc) is 2.42. The molecule has 0 aromatic rings. The summed E-state index contributed by atoms with van der Waals surface area (Å²) in [4.78, 5) is 45.1. The van der Waals surface area contributed by atoms with Crippen molar-refractivity contribution in [2.24, 2.45) is 0 Å². The molecule has 0 saturated carbocycles. The molecule has 1 fully saturated rings. The number of alkyl halides is 1. The van der Waals surface area contributed by atoms with Crippen LogP contribution in [-0.2, 0) is 42.9 Å². The zero-order valence-corrected chi connectivity index (χ0v) is 15.2. The second-order valence-corrected chi connectivity index (χ2v) is 5.95. The molecule has 0 radical (unpaired) electrons. The summed E-state index contributed by atoms with van der Waals surface area (Å²) in [6.07, 6.45) is -4.22. The van der Waals surface area contributed by atoms with Crippen molar-refractivity contribution in [2.45, 2.75) is 57.1 Å². The first-order valence-corrected chi connectivity index (χ1v) is 7.98. The van der Waals surface area contributed by atoms with Crippen LogP contribution in [0.15, 0.2) is 0 Å². The number of esters is 4. The zero-order chi connectivity index (χ0) is 18.4. The molecule has 1 saturated heterocycles. The molecule has 0 spiro atoms. The Morgan fingerprint density at radius 1 is 0.792 bits per heavy atom. The summed E-state index contributed by atoms with van der Waals surface area (Å²) in [7, 11) is 0. The molecule has 5 atom stereocenters. The van der Waals surface area contributed by atoms with E-state index in [1.54, 1.807) is 0 Å². The minimum atomic E-state index is -1.13. The third-order valence-electron chi connectivity index (χ3n) is 2.93. The quantitative estimate of drug-likeness (QED) is 0.275. The molecule has 0 aromatic heterocycles. The van der Waals surface area contributed by atoms with E-state index in [0.29, 0.717) is 0 Å². The largest absolute Gasteiger partial charge is 0.463 e. The first kappa shape index (κ1) is 20.4. The van der Waals surface area contributed by atoms with E-state index in [9.17, 15) is 19.2 Å². The number of carbonyl (C=O) groups excluding carboxylic acids is 4. The van der Waals surface area contributed by atoms with E-state index in [0.717, 1.165) is 13.8 Å². The van der Waals surface area contributed by atoms with E-state index in [4.69, 9.17) is 23.7 Å². The molecular formula is C14H19BrO9. The average molecular weight is 412 g/mol. The van der Waals surface area contributed by atoms with Crippen LogP contribution < -0.4 is 0 Å². The molecular weight excluding hydrogens is 393 g/mol. The van der Waals surface area contributed by atoms with Gasteiger partial charge >= 0.3 is 23.9 Å². The van der Waals surface area contributed by atoms with Gasteiger partial charge in [0.15, 0.2) is 23.3 Å². The highest BCUT2D eigenvalue weighted by Crippen LogP contribution is 2.31. The van der Waals surface area contributed by atoms with Crippen LogP contribution in [0.25, 0.3) is 0 Å². The Labute approximate surface area is 147 Å². The van der Waals surface area contributed by atoms with Gasteiger partial charge in [-0.1, -0.05) is 15.9 Å². The number of carbonyl (C=O) groups is 4. The third kappa shape index (κ3) is 6.08. The van der Waals surface area contributed by atoms with Crippen LogP contribution in [0.5, 0.6) is 0 Å². The maximum absolute atomic E-state index is 11.4. The van der Waals surface area contributed by atoms with Crippen molar-refractivity contribution in [2.75, 3.05) is 6.61 Å². The Bertz CT molecular complexity index is 506. The fourth-order valence-corrected chi connectivity index (χ4v) is 2.86. The molecule has 0 amide bonds. The van der Waals surface area contributed by atoms with Crippen molar-refractivity contribution in [3.8, 4) is 0 Å². The molecule has 24 heavy (non-hydrogen) atoms. The predicted octanol–water partition coefficient (Wildman–Crippen LogP) is 0.464. The van der Waals surface area contributed by atoms with Crippen LogP contribution in [0.2, 0.25) is 0 Å². The second-order valence-electron chi connectivity index (χ2n) is 5.05. The topological polar surface area (TPSA) is 114 Å². The van der Waals surface area contributed by atoms with E-state index >= 15 is 0 Å². The summed E-state index contributed by atoms with van der Waals surface area (Å²) in [6, 6.07) is 0. The van der Waals surface area contributed by atoms with E-state index in [1.165, 1.54) is 13.8 Å². The normalized spacial score (nSPS) is 29.3. The zero-order valence-electron chi connectivity index (χ0n) is 13.6. The SMILES string of the molecule is CC(=O)OC[C@H]1O[13C@H](Br)[C@H](OC(C)=O)[C@@H](OC(C)=O)[C@H]1OC(C)=O. The van der Waals surface area contributed by atoms with Gasteiger partial charge in [0.25, 0.3) is 0 Å². The highest BCUT2D eigenvalue weighted by atomic mass is 79.9. The standard InChI is InChI=1S/C14H19BrO9/c1-6(16)20-5-10-11(21-7(2)17)12(22-8(3)18)13(14(15)24-10)23-9(4)19/h10-14H,5H2,1-4H3/t10-,11+,12+,13-,14+/m1/s1/i14+1. The van der Waals surface area contributed by atoms with Gasteiger partial charge in [-0.25, -0.2) is 0 Å². The summed E-state index contributed by atoms with van der Waals surface area (Å²) in [5, 5.41) is -0.863. The van der Waals surface area contributed by atoms with Crippen molar-refractivity contribution >= 4 is 39.8 Å². The molecule has 1 heterocycles. The summed E-state index contributed by atoms with van der Waals surface area (Å²) in [6.45, 7) is 4.47. The first-order chi connectivity index (χ1) is 11.1. The smallest absolute Gasteiger partial charge is 0.303 e. The summed E-state index contributed by atoms with van der Waals surface area (Å²) in [5.74, 6) is -2.52. The van der Waals surface area contributed by atoms with Crippen molar-refractivity contribution in [1.29, 1.82) is 0 Å². The lowest BCUT2D eigenvalue weighted by Crippen LogP contribution is -2.60. The van der Waals surface area contributed by atoms with Gasteiger partial charge < -0.3 is 23.7 Å². The van der Waals surface area contributed by atoms with Gasteiger partial charge in [0.05, 0.1) is 0 Å². The molecule has 0 N–H and O–H groups in total. The van der Waals surface area contributed by atoms with Crippen molar-refractivity contribution in [3.63, 3.8) is 0 Å². The lowest BCUT2D eigenvalue weighted by molar-refractivity contribution is -0.236. The number of hydrogen-bond donors (Lipinski definition) is 0. The Kier molecular flexibility index (Phi) is 7.61. The molecule has 136 valence electrons. The molecule has 1 aliphatic rings. The van der Waals surface area contributed by atoms with Crippen LogP contribution in [0.4, 0.5) is 0 Å². The van der Waals surface area contributed by atoms with Crippen molar-refractivity contribution in [1.82, 2.24) is 0 Å². The van der Waals surface area contributed by atoms with Gasteiger partial charge in [-0.15, -0.1) is 0 Å². The molecule has 0 aliphatic carbocycles. The van der Waals surface area contributed by atoms with E-state index in [2.05, 4.69) is 15.9 Å². The number of rotatable bonds is 5. The van der Waals surface area contributed by atoms with Gasteiger partial charge in [-0.05, 0) is 0 Å². The van der Waals surface area contributed by atoms with Gasteiger partial charge in [0, 0.05) is 27.7 Å². The first-order valence-electron chi connectivity index (χ1n) is 7.06. The Morgan fingerprint density at radius 3 is 1.71 bits per heavy atom. The van der Waals surface area contributed by atoms with Crippen LogP contribution in [-0.4, -0.2) is 59.9 Å². The summed E-state index contributed by atoms with van der Waals surface area (Å²) >= 11 is 3.18. The fourth-order valence-electron chi connectivity index (χ4n) is 2.18. The van der Waals surface area contributed by atoms with Gasteiger partial charge in [0.2, 0.25) is 0 Å². The van der Waals surface area contributed by atoms with Crippen LogP contribution >= 0.6 is 15.9 Å². The Hall–Kier alpha value is -1.68. The number of ether oxygens (including phenoxy) is 5. The number of halogens is 1. The van der Waals surface area contributed by atoms with Crippen LogP contribution in [0.1, 0.15) is 27.7 Å². The van der Waals surface area contributed by atoms with E-state index < -0.39 is 53.3 Å². The summed E-state index contributed by atoms with van der Waals surface area (Å²) < 4.78 is 25.9. The third-order valence-corrected chi connectivity index (χ3v) is 3.67. The molecule has 0 aromatic carbocycles. The molecule has 9 nitrogen and oxygen atoms in total. The molecule has 0 bridgehead atoms. The highest BCUT2D eigenvalue weighted by molar-refractivity contribution is 9.09. The fraction of sp³-hybridized carbons (Fsp3) is 0.714. The minimum absolute atomic E-state index is 0.236. The Morgan fingerprint density at radius 2 is 1.25 bits per heavy atom. The van der Waals surface area contributed by atoms with E-state index in [-0.39, 0.29) is 6.61 Å². The van der Waals surface area contributed by atoms with Gasteiger partial charge in [-0.2, -0.15) is 0 Å². The predicted molar refractivity (Wildman–Crippen MR) is 80.9 cm³/mol. The lowest BCUT2D eigenvalue weighted by atomic mass is 10.0. The maximum Gasteiger partial charge on any atom is 0.303 e. The lowest BCUT2D eigenvalue weighted by Gasteiger charge is -2.42.